The number of fused-ring (bicyclic) bond motifs is 1. The summed E-state index contributed by atoms with van der Waals surface area (Å²) in [6.45, 7) is 0. The van der Waals surface area contributed by atoms with Gasteiger partial charge in [-0.3, -0.25) is 0 Å². The van der Waals surface area contributed by atoms with Gasteiger partial charge in [-0.15, -0.1) is 28.5 Å². The molecule has 0 fully saturated rings. The summed E-state index contributed by atoms with van der Waals surface area (Å²) in [7, 11) is 0. The van der Waals surface area contributed by atoms with E-state index in [1.165, 1.54) is 28.9 Å². The molecule has 0 spiro atoms. The fraction of sp³-hybridized carbons (Fsp3) is 0.143. The summed E-state index contributed by atoms with van der Waals surface area (Å²) in [6.07, 6.45) is -9.59. The highest BCUT2D eigenvalue weighted by Crippen LogP contribution is 2.30. The molecule has 0 aliphatic heterocycles. The zero-order valence-electron chi connectivity index (χ0n) is 14.1. The molecule has 16 heteroatoms. The van der Waals surface area contributed by atoms with Crippen molar-refractivity contribution in [3.8, 4) is 11.4 Å². The van der Waals surface area contributed by atoms with Crippen molar-refractivity contribution in [3.63, 3.8) is 0 Å². The molecule has 9 nitrogen and oxygen atoms in total. The topological polar surface area (TPSA) is 95.9 Å². The lowest BCUT2D eigenvalue weighted by Crippen LogP contribution is -2.17. The number of ether oxygens (including phenoxy) is 1. The monoisotopic (exact) mass is 448 g/mol. The molecule has 0 bridgehead atoms. The minimum Gasteiger partial charge on any atom is -0.406 e. The van der Waals surface area contributed by atoms with Crippen LogP contribution in [0, 0.1) is 0 Å². The van der Waals surface area contributed by atoms with Crippen molar-refractivity contribution in [1.29, 1.82) is 0 Å². The quantitative estimate of drug-likeness (QED) is 0.440. The van der Waals surface area contributed by atoms with Crippen LogP contribution in [0.1, 0.15) is 5.82 Å². The summed E-state index contributed by atoms with van der Waals surface area (Å²) in [4.78, 5) is 0. The highest BCUT2D eigenvalue weighted by molar-refractivity contribution is 7.99. The Kier molecular flexibility index (Phi) is 4.71. The molecule has 3 heterocycles. The van der Waals surface area contributed by atoms with Gasteiger partial charge < -0.3 is 4.74 Å². The van der Waals surface area contributed by atoms with Gasteiger partial charge in [-0.05, 0) is 58.6 Å². The number of alkyl halides is 6. The summed E-state index contributed by atoms with van der Waals surface area (Å²) in [5, 5.41) is 21.5. The predicted molar refractivity (Wildman–Crippen MR) is 85.7 cm³/mol. The normalized spacial score (nSPS) is 12.5. The smallest absolute Gasteiger partial charge is 0.406 e. The molecular formula is C14H6F6N8OS. The number of rotatable bonds is 4. The first-order valence-electron chi connectivity index (χ1n) is 7.72. The van der Waals surface area contributed by atoms with Crippen molar-refractivity contribution in [1.82, 2.24) is 40.0 Å². The van der Waals surface area contributed by atoms with E-state index in [9.17, 15) is 26.3 Å². The molecule has 0 radical (unpaired) electrons. The highest BCUT2D eigenvalue weighted by Gasteiger charge is 2.37. The fourth-order valence-corrected chi connectivity index (χ4v) is 3.04. The molecule has 4 rings (SSSR count). The van der Waals surface area contributed by atoms with Gasteiger partial charge >= 0.3 is 12.5 Å². The first-order valence-corrected chi connectivity index (χ1v) is 8.54. The largest absolute Gasteiger partial charge is 0.573 e. The van der Waals surface area contributed by atoms with E-state index in [-0.39, 0.29) is 15.8 Å². The second kappa shape index (κ2) is 7.12. The fourth-order valence-electron chi connectivity index (χ4n) is 2.29. The molecule has 0 saturated carbocycles. The van der Waals surface area contributed by atoms with Gasteiger partial charge in [-0.25, -0.2) is 0 Å². The van der Waals surface area contributed by atoms with Gasteiger partial charge in [0.1, 0.15) is 10.8 Å². The zero-order chi connectivity index (χ0) is 21.5. The predicted octanol–water partition coefficient (Wildman–Crippen LogP) is 3.17. The van der Waals surface area contributed by atoms with Crippen LogP contribution in [0.3, 0.4) is 0 Å². The number of halogens is 6. The van der Waals surface area contributed by atoms with Gasteiger partial charge in [0.05, 0.1) is 5.69 Å². The Morgan fingerprint density at radius 3 is 2.27 bits per heavy atom. The van der Waals surface area contributed by atoms with Crippen LogP contribution in [0.5, 0.6) is 5.75 Å². The van der Waals surface area contributed by atoms with Crippen LogP contribution in [-0.4, -0.2) is 46.4 Å². The van der Waals surface area contributed by atoms with Crippen molar-refractivity contribution in [2.24, 2.45) is 0 Å². The molecule has 1 aromatic carbocycles. The highest BCUT2D eigenvalue weighted by atomic mass is 32.2. The first-order chi connectivity index (χ1) is 14.1. The van der Waals surface area contributed by atoms with E-state index in [1.54, 1.807) is 0 Å². The molecule has 0 amide bonds. The van der Waals surface area contributed by atoms with E-state index in [0.717, 1.165) is 23.9 Å². The van der Waals surface area contributed by atoms with Crippen LogP contribution >= 0.6 is 11.8 Å². The van der Waals surface area contributed by atoms with Crippen LogP contribution in [0.2, 0.25) is 0 Å². The zero-order valence-corrected chi connectivity index (χ0v) is 14.9. The summed E-state index contributed by atoms with van der Waals surface area (Å²) in [6, 6.07) is 7.37. The van der Waals surface area contributed by atoms with Gasteiger partial charge in [0, 0.05) is 0 Å². The Balaban J connectivity index is 1.61. The second-order valence-corrected chi connectivity index (χ2v) is 6.47. The number of nitrogens with zero attached hydrogens (tertiary/aromatic N) is 8. The molecule has 3 aromatic heterocycles. The van der Waals surface area contributed by atoms with Gasteiger partial charge in [-0.2, -0.15) is 27.5 Å². The summed E-state index contributed by atoms with van der Waals surface area (Å²) in [5.74, 6) is -1.73. The Hall–Kier alpha value is -3.43. The third kappa shape index (κ3) is 4.12. The lowest BCUT2D eigenvalue weighted by molar-refractivity contribution is -0.274. The number of hydrogen-bond acceptors (Lipinski definition) is 8. The third-order valence-electron chi connectivity index (χ3n) is 3.44. The van der Waals surface area contributed by atoms with Crippen LogP contribution in [0.15, 0.2) is 46.6 Å². The number of hydrogen-bond donors (Lipinski definition) is 0. The molecule has 0 aliphatic rings. The average Bonchev–Trinajstić information content (AvgIpc) is 3.27. The maximum atomic E-state index is 13.0. The van der Waals surface area contributed by atoms with Gasteiger partial charge in [0.25, 0.3) is 5.82 Å². The molecule has 0 unspecified atom stereocenters. The van der Waals surface area contributed by atoms with Gasteiger partial charge in [0.2, 0.25) is 5.16 Å². The van der Waals surface area contributed by atoms with E-state index in [4.69, 9.17) is 0 Å². The maximum absolute atomic E-state index is 13.0. The van der Waals surface area contributed by atoms with Crippen LogP contribution in [-0.2, 0) is 6.18 Å². The molecule has 4 aromatic rings. The second-order valence-electron chi connectivity index (χ2n) is 5.48. The molecule has 0 N–H and O–H groups in total. The molecular weight excluding hydrogens is 442 g/mol. The minimum absolute atomic E-state index is 0.0980. The van der Waals surface area contributed by atoms with Crippen LogP contribution < -0.4 is 4.74 Å². The Morgan fingerprint density at radius 2 is 1.60 bits per heavy atom. The lowest BCUT2D eigenvalue weighted by Gasteiger charge is -2.09. The summed E-state index contributed by atoms with van der Waals surface area (Å²) in [5.41, 5.74) is 0.185. The van der Waals surface area contributed by atoms with E-state index < -0.39 is 24.1 Å². The Labute approximate surface area is 165 Å². The van der Waals surface area contributed by atoms with Crippen molar-refractivity contribution < 1.29 is 31.1 Å². The van der Waals surface area contributed by atoms with E-state index in [0.29, 0.717) is 10.2 Å². The third-order valence-corrected chi connectivity index (χ3v) is 4.31. The van der Waals surface area contributed by atoms with E-state index in [2.05, 4.69) is 35.6 Å². The molecule has 156 valence electrons. The SMILES string of the molecule is FC(F)(F)Oc1ccc(-n2nnnc2Sc2ccc3nnc(C(F)(F)F)n3n2)cc1. The number of aromatic nitrogens is 8. The molecule has 30 heavy (non-hydrogen) atoms. The van der Waals surface area contributed by atoms with Gasteiger partial charge in [0.15, 0.2) is 5.65 Å². The first kappa shape index (κ1) is 19.9. The number of benzene rings is 1. The molecule has 0 saturated heterocycles. The van der Waals surface area contributed by atoms with Gasteiger partial charge in [-0.1, -0.05) is 0 Å². The van der Waals surface area contributed by atoms with Crippen molar-refractivity contribution in [2.75, 3.05) is 0 Å². The Bertz CT molecular complexity index is 1190. The van der Waals surface area contributed by atoms with E-state index in [1.807, 2.05) is 0 Å². The molecule has 0 aliphatic carbocycles. The lowest BCUT2D eigenvalue weighted by atomic mass is 10.3. The molecule has 0 atom stereocenters. The summed E-state index contributed by atoms with van der Waals surface area (Å²) < 4.78 is 81.3. The van der Waals surface area contributed by atoms with Crippen LogP contribution in [0.25, 0.3) is 11.3 Å². The van der Waals surface area contributed by atoms with Crippen molar-refractivity contribution in [3.05, 3.63) is 42.2 Å². The standard InChI is InChI=1S/C14H6F6N8OS/c15-13(16,17)11-22-21-9-5-6-10(24-28(9)11)30-12-23-25-26-27(12)7-1-3-8(4-2-7)29-14(18,19)20/h1-6H. The van der Waals surface area contributed by atoms with Crippen LogP contribution in [0.4, 0.5) is 26.3 Å². The van der Waals surface area contributed by atoms with E-state index >= 15 is 0 Å². The minimum atomic E-state index is -4.83. The van der Waals surface area contributed by atoms with Crippen molar-refractivity contribution >= 4 is 17.4 Å². The number of tetrazole rings is 1. The maximum Gasteiger partial charge on any atom is 0.573 e. The summed E-state index contributed by atoms with van der Waals surface area (Å²) >= 11 is 0.828. The van der Waals surface area contributed by atoms with Crippen molar-refractivity contribution in [2.45, 2.75) is 22.7 Å². The average molecular weight is 448 g/mol. The Morgan fingerprint density at radius 1 is 0.867 bits per heavy atom.